The zero-order valence-corrected chi connectivity index (χ0v) is 10.8. The van der Waals surface area contributed by atoms with Crippen molar-refractivity contribution < 1.29 is 4.74 Å². The molecule has 1 aromatic carbocycles. The van der Waals surface area contributed by atoms with Crippen LogP contribution in [0.15, 0.2) is 23.1 Å². The van der Waals surface area contributed by atoms with Gasteiger partial charge in [-0.15, -0.1) is 11.8 Å². The Morgan fingerprint density at radius 1 is 1.50 bits per heavy atom. The van der Waals surface area contributed by atoms with Gasteiger partial charge in [0.05, 0.1) is 12.0 Å². The minimum absolute atomic E-state index is 0.615. The van der Waals surface area contributed by atoms with Gasteiger partial charge < -0.3 is 10.1 Å². The molecule has 0 saturated heterocycles. The van der Waals surface area contributed by atoms with E-state index in [0.717, 1.165) is 24.5 Å². The summed E-state index contributed by atoms with van der Waals surface area (Å²) >= 11 is 1.91. The third kappa shape index (κ3) is 2.53. The van der Waals surface area contributed by atoms with Crippen LogP contribution in [0.2, 0.25) is 0 Å². The second-order valence-electron chi connectivity index (χ2n) is 4.11. The Labute approximate surface area is 102 Å². The fourth-order valence-corrected chi connectivity index (χ4v) is 3.27. The summed E-state index contributed by atoms with van der Waals surface area (Å²) in [5, 5.41) is 3.59. The Morgan fingerprint density at radius 3 is 3.12 bits per heavy atom. The van der Waals surface area contributed by atoms with Crippen LogP contribution in [0, 0.1) is 0 Å². The van der Waals surface area contributed by atoms with Gasteiger partial charge in [0.15, 0.2) is 0 Å². The number of ether oxygens (including phenoxy) is 1. The second kappa shape index (κ2) is 5.60. The Balaban J connectivity index is 2.09. The van der Waals surface area contributed by atoms with Crippen LogP contribution in [-0.2, 0) is 6.42 Å². The minimum atomic E-state index is 0.615. The van der Waals surface area contributed by atoms with E-state index in [1.165, 1.54) is 16.9 Å². The predicted molar refractivity (Wildman–Crippen MR) is 69.5 cm³/mol. The van der Waals surface area contributed by atoms with Crippen molar-refractivity contribution in [1.29, 1.82) is 0 Å². The summed E-state index contributed by atoms with van der Waals surface area (Å²) in [7, 11) is 1.75. The molecule has 0 aliphatic carbocycles. The van der Waals surface area contributed by atoms with Gasteiger partial charge in [0.1, 0.15) is 5.75 Å². The van der Waals surface area contributed by atoms with Crippen LogP contribution < -0.4 is 10.1 Å². The average Bonchev–Trinajstić information content (AvgIpc) is 2.35. The molecule has 2 nitrogen and oxygen atoms in total. The van der Waals surface area contributed by atoms with E-state index in [9.17, 15) is 0 Å². The van der Waals surface area contributed by atoms with Gasteiger partial charge in [-0.25, -0.2) is 0 Å². The van der Waals surface area contributed by atoms with Gasteiger partial charge in [-0.05, 0) is 31.0 Å². The maximum Gasteiger partial charge on any atom is 0.132 e. The van der Waals surface area contributed by atoms with E-state index in [1.54, 1.807) is 7.11 Å². The molecule has 0 spiro atoms. The van der Waals surface area contributed by atoms with E-state index in [-0.39, 0.29) is 0 Å². The predicted octanol–water partition coefficient (Wildman–Crippen LogP) is 2.71. The van der Waals surface area contributed by atoms with Gasteiger partial charge in [-0.1, -0.05) is 19.1 Å². The molecule has 0 aromatic heterocycles. The monoisotopic (exact) mass is 237 g/mol. The number of thioether (sulfide) groups is 1. The molecule has 88 valence electrons. The molecule has 1 N–H and O–H groups in total. The first-order chi connectivity index (χ1) is 7.85. The Bertz CT molecular complexity index is 354. The lowest BCUT2D eigenvalue weighted by Gasteiger charge is -2.26. The van der Waals surface area contributed by atoms with Crippen LogP contribution in [0.4, 0.5) is 0 Å². The maximum atomic E-state index is 5.39. The van der Waals surface area contributed by atoms with Gasteiger partial charge in [-0.3, -0.25) is 0 Å². The summed E-state index contributed by atoms with van der Waals surface area (Å²) in [5.74, 6) is 2.17. The molecule has 0 saturated carbocycles. The molecule has 0 fully saturated rings. The van der Waals surface area contributed by atoms with Crippen LogP contribution in [-0.4, -0.2) is 25.4 Å². The van der Waals surface area contributed by atoms with Gasteiger partial charge in [0.25, 0.3) is 0 Å². The van der Waals surface area contributed by atoms with E-state index >= 15 is 0 Å². The fourth-order valence-electron chi connectivity index (χ4n) is 2.03. The normalized spacial score (nSPS) is 19.2. The number of nitrogens with one attached hydrogen (secondary N) is 1. The SMILES string of the molecule is CCCNC1CSc2c(cccc2OC)C1. The zero-order valence-electron chi connectivity index (χ0n) is 9.95. The lowest BCUT2D eigenvalue weighted by molar-refractivity contribution is 0.402. The largest absolute Gasteiger partial charge is 0.496 e. The molecule has 0 amide bonds. The van der Waals surface area contributed by atoms with Crippen LogP contribution in [0.5, 0.6) is 5.75 Å². The van der Waals surface area contributed by atoms with Gasteiger partial charge in [0, 0.05) is 11.8 Å². The highest BCUT2D eigenvalue weighted by Gasteiger charge is 2.20. The van der Waals surface area contributed by atoms with Crippen molar-refractivity contribution in [2.75, 3.05) is 19.4 Å². The van der Waals surface area contributed by atoms with Crippen molar-refractivity contribution in [2.45, 2.75) is 30.7 Å². The van der Waals surface area contributed by atoms with Gasteiger partial charge in [0.2, 0.25) is 0 Å². The van der Waals surface area contributed by atoms with Crippen LogP contribution >= 0.6 is 11.8 Å². The molecule has 0 bridgehead atoms. The Kier molecular flexibility index (Phi) is 4.13. The molecule has 1 aliphatic rings. The molecule has 1 unspecified atom stereocenters. The molecule has 1 heterocycles. The lowest BCUT2D eigenvalue weighted by atomic mass is 10.1. The van der Waals surface area contributed by atoms with E-state index < -0.39 is 0 Å². The highest BCUT2D eigenvalue weighted by Crippen LogP contribution is 2.37. The first-order valence-electron chi connectivity index (χ1n) is 5.87. The summed E-state index contributed by atoms with van der Waals surface area (Å²) in [6.45, 7) is 3.32. The van der Waals surface area contributed by atoms with Crippen molar-refractivity contribution in [3.05, 3.63) is 23.8 Å². The molecule has 0 radical (unpaired) electrons. The first kappa shape index (κ1) is 11.8. The summed E-state index contributed by atoms with van der Waals surface area (Å²) in [6.07, 6.45) is 2.33. The average molecular weight is 237 g/mol. The summed E-state index contributed by atoms with van der Waals surface area (Å²) < 4.78 is 5.39. The fraction of sp³-hybridized carbons (Fsp3) is 0.538. The smallest absolute Gasteiger partial charge is 0.132 e. The summed E-state index contributed by atoms with van der Waals surface area (Å²) in [4.78, 5) is 1.33. The molecule has 1 atom stereocenters. The molecule has 16 heavy (non-hydrogen) atoms. The second-order valence-corrected chi connectivity index (χ2v) is 5.14. The molecule has 1 aromatic rings. The van der Waals surface area contributed by atoms with Gasteiger partial charge >= 0.3 is 0 Å². The molecular formula is C13H19NOS. The van der Waals surface area contributed by atoms with Crippen molar-refractivity contribution in [3.63, 3.8) is 0 Å². The highest BCUT2D eigenvalue weighted by molar-refractivity contribution is 7.99. The van der Waals surface area contributed by atoms with Gasteiger partial charge in [-0.2, -0.15) is 0 Å². The molecule has 1 aliphatic heterocycles. The maximum absolute atomic E-state index is 5.39. The first-order valence-corrected chi connectivity index (χ1v) is 6.85. The zero-order chi connectivity index (χ0) is 11.4. The Hall–Kier alpha value is -0.670. The van der Waals surface area contributed by atoms with Crippen molar-refractivity contribution in [2.24, 2.45) is 0 Å². The van der Waals surface area contributed by atoms with Crippen LogP contribution in [0.25, 0.3) is 0 Å². The van der Waals surface area contributed by atoms with Crippen molar-refractivity contribution >= 4 is 11.8 Å². The number of benzene rings is 1. The summed E-state index contributed by atoms with van der Waals surface area (Å²) in [6, 6.07) is 6.96. The van der Waals surface area contributed by atoms with Crippen molar-refractivity contribution in [3.8, 4) is 5.75 Å². The standard InChI is InChI=1S/C13H19NOS/c1-3-7-14-11-8-10-5-4-6-12(15-2)13(10)16-9-11/h4-6,11,14H,3,7-9H2,1-2H3. The van der Waals surface area contributed by atoms with E-state index in [1.807, 2.05) is 17.8 Å². The van der Waals surface area contributed by atoms with E-state index in [0.29, 0.717) is 6.04 Å². The number of fused-ring (bicyclic) bond motifs is 1. The molecule has 3 heteroatoms. The summed E-state index contributed by atoms with van der Waals surface area (Å²) in [5.41, 5.74) is 1.42. The minimum Gasteiger partial charge on any atom is -0.496 e. The van der Waals surface area contributed by atoms with Crippen LogP contribution in [0.3, 0.4) is 0 Å². The van der Waals surface area contributed by atoms with E-state index in [2.05, 4.69) is 24.4 Å². The molecular weight excluding hydrogens is 218 g/mol. The van der Waals surface area contributed by atoms with Crippen LogP contribution in [0.1, 0.15) is 18.9 Å². The quantitative estimate of drug-likeness (QED) is 0.870. The number of hydrogen-bond acceptors (Lipinski definition) is 3. The number of rotatable bonds is 4. The Morgan fingerprint density at radius 2 is 2.38 bits per heavy atom. The third-order valence-electron chi connectivity index (χ3n) is 2.86. The number of hydrogen-bond donors (Lipinski definition) is 1. The topological polar surface area (TPSA) is 21.3 Å². The third-order valence-corrected chi connectivity index (χ3v) is 4.18. The lowest BCUT2D eigenvalue weighted by Crippen LogP contribution is -2.35. The van der Waals surface area contributed by atoms with Crippen molar-refractivity contribution in [1.82, 2.24) is 5.32 Å². The molecule has 2 rings (SSSR count). The van der Waals surface area contributed by atoms with E-state index in [4.69, 9.17) is 4.74 Å². The number of methoxy groups -OCH3 is 1. The highest BCUT2D eigenvalue weighted by atomic mass is 32.2.